The quantitative estimate of drug-likeness (QED) is 0.680. The summed E-state index contributed by atoms with van der Waals surface area (Å²) in [4.78, 5) is 3.00. The van der Waals surface area contributed by atoms with Crippen molar-refractivity contribution in [2.75, 3.05) is 39.1 Å². The van der Waals surface area contributed by atoms with Gasteiger partial charge in [-0.05, 0) is 17.7 Å². The molecular formula is C19H21NO4S2. The van der Waals surface area contributed by atoms with Crippen LogP contribution >= 0.6 is 24.0 Å². The standard InChI is InChI=1S/C19H21NO4S2/c1-21-14-7-5-12(6-8-14)19-20(17(25)11-26-19)13-9-15(22-2)18(24-4)16(10-13)23-3/h5-10,19H,11H2,1-4H3. The van der Waals surface area contributed by atoms with E-state index in [-0.39, 0.29) is 5.37 Å². The summed E-state index contributed by atoms with van der Waals surface area (Å²) in [6.45, 7) is 0. The highest BCUT2D eigenvalue weighted by Crippen LogP contribution is 2.47. The molecule has 0 bridgehead atoms. The maximum Gasteiger partial charge on any atom is 0.203 e. The number of hydrogen-bond donors (Lipinski definition) is 0. The lowest BCUT2D eigenvalue weighted by Gasteiger charge is -2.27. The Bertz CT molecular complexity index is 770. The van der Waals surface area contributed by atoms with Crippen LogP contribution < -0.4 is 23.8 Å². The lowest BCUT2D eigenvalue weighted by molar-refractivity contribution is 0.324. The molecule has 0 saturated carbocycles. The Kier molecular flexibility index (Phi) is 5.78. The van der Waals surface area contributed by atoms with E-state index in [4.69, 9.17) is 31.2 Å². The van der Waals surface area contributed by atoms with Crippen molar-refractivity contribution in [2.24, 2.45) is 0 Å². The van der Waals surface area contributed by atoms with Crippen molar-refractivity contribution in [3.63, 3.8) is 0 Å². The third-order valence-electron chi connectivity index (χ3n) is 4.20. The minimum Gasteiger partial charge on any atom is -0.497 e. The SMILES string of the molecule is COc1ccc(C2SCC(=S)N2c2cc(OC)c(OC)c(OC)c2)cc1. The molecule has 0 aromatic heterocycles. The first kappa shape index (κ1) is 18.7. The van der Waals surface area contributed by atoms with Gasteiger partial charge in [-0.2, -0.15) is 0 Å². The van der Waals surface area contributed by atoms with E-state index in [0.29, 0.717) is 17.2 Å². The Hall–Kier alpha value is -2.12. The maximum atomic E-state index is 5.64. The smallest absolute Gasteiger partial charge is 0.203 e. The van der Waals surface area contributed by atoms with Crippen LogP contribution in [-0.4, -0.2) is 39.2 Å². The fourth-order valence-electron chi connectivity index (χ4n) is 2.92. The number of benzene rings is 2. The predicted octanol–water partition coefficient (Wildman–Crippen LogP) is 4.30. The third-order valence-corrected chi connectivity index (χ3v) is 5.96. The van der Waals surface area contributed by atoms with Crippen LogP contribution in [-0.2, 0) is 0 Å². The first-order chi connectivity index (χ1) is 12.6. The van der Waals surface area contributed by atoms with Crippen molar-refractivity contribution in [3.8, 4) is 23.0 Å². The van der Waals surface area contributed by atoms with E-state index in [0.717, 1.165) is 27.7 Å². The second kappa shape index (κ2) is 8.05. The Labute approximate surface area is 163 Å². The first-order valence-corrected chi connectivity index (χ1v) is 9.46. The summed E-state index contributed by atoms with van der Waals surface area (Å²) < 4.78 is 21.7. The number of anilines is 1. The number of rotatable bonds is 6. The van der Waals surface area contributed by atoms with Crippen molar-refractivity contribution in [3.05, 3.63) is 42.0 Å². The molecule has 1 heterocycles. The Morgan fingerprint density at radius 3 is 2.04 bits per heavy atom. The van der Waals surface area contributed by atoms with E-state index in [9.17, 15) is 0 Å². The molecule has 26 heavy (non-hydrogen) atoms. The van der Waals surface area contributed by atoms with Crippen LogP contribution in [0.3, 0.4) is 0 Å². The average molecular weight is 392 g/mol. The highest BCUT2D eigenvalue weighted by Gasteiger charge is 2.32. The molecule has 0 N–H and O–H groups in total. The second-order valence-corrected chi connectivity index (χ2v) is 7.12. The van der Waals surface area contributed by atoms with Crippen molar-refractivity contribution in [1.29, 1.82) is 0 Å². The van der Waals surface area contributed by atoms with Gasteiger partial charge in [0.15, 0.2) is 11.5 Å². The maximum absolute atomic E-state index is 5.64. The zero-order valence-electron chi connectivity index (χ0n) is 15.1. The summed E-state index contributed by atoms with van der Waals surface area (Å²) in [5.74, 6) is 3.39. The molecular weight excluding hydrogens is 370 g/mol. The Morgan fingerprint density at radius 1 is 0.923 bits per heavy atom. The number of methoxy groups -OCH3 is 4. The number of nitrogens with zero attached hydrogens (tertiary/aromatic N) is 1. The molecule has 1 unspecified atom stereocenters. The highest BCUT2D eigenvalue weighted by molar-refractivity contribution is 8.02. The van der Waals surface area contributed by atoms with Gasteiger partial charge in [0, 0.05) is 17.9 Å². The molecule has 2 aromatic rings. The van der Waals surface area contributed by atoms with E-state index in [1.54, 1.807) is 40.2 Å². The molecule has 2 aromatic carbocycles. The third kappa shape index (κ3) is 3.41. The summed E-state index contributed by atoms with van der Waals surface area (Å²) in [6.07, 6.45) is 0. The number of thioether (sulfide) groups is 1. The minimum atomic E-state index is 0.0798. The fourth-order valence-corrected chi connectivity index (χ4v) is 4.59. The van der Waals surface area contributed by atoms with Crippen LogP contribution in [0.25, 0.3) is 0 Å². The van der Waals surface area contributed by atoms with Gasteiger partial charge in [-0.3, -0.25) is 0 Å². The normalized spacial score (nSPS) is 16.5. The zero-order valence-corrected chi connectivity index (χ0v) is 16.8. The van der Waals surface area contributed by atoms with Gasteiger partial charge in [0.2, 0.25) is 5.75 Å². The van der Waals surface area contributed by atoms with Gasteiger partial charge in [-0.25, -0.2) is 0 Å². The highest BCUT2D eigenvalue weighted by atomic mass is 32.2. The van der Waals surface area contributed by atoms with E-state index in [1.807, 2.05) is 24.3 Å². The van der Waals surface area contributed by atoms with Crippen LogP contribution in [0, 0.1) is 0 Å². The number of ether oxygens (including phenoxy) is 4. The molecule has 7 heteroatoms. The summed E-state index contributed by atoms with van der Waals surface area (Å²) in [5, 5.41) is 0.0798. The first-order valence-electron chi connectivity index (χ1n) is 8.00. The molecule has 1 saturated heterocycles. The second-order valence-electron chi connectivity index (χ2n) is 5.58. The van der Waals surface area contributed by atoms with E-state index in [1.165, 1.54) is 0 Å². The monoisotopic (exact) mass is 391 g/mol. The van der Waals surface area contributed by atoms with Crippen LogP contribution in [0.1, 0.15) is 10.9 Å². The molecule has 138 valence electrons. The van der Waals surface area contributed by atoms with Crippen LogP contribution in [0.15, 0.2) is 36.4 Å². The zero-order chi connectivity index (χ0) is 18.7. The molecule has 0 amide bonds. The van der Waals surface area contributed by atoms with Gasteiger partial charge in [-0.15, -0.1) is 11.8 Å². The van der Waals surface area contributed by atoms with Crippen molar-refractivity contribution < 1.29 is 18.9 Å². The summed E-state index contributed by atoms with van der Waals surface area (Å²) in [6, 6.07) is 11.9. The molecule has 1 aliphatic heterocycles. The lowest BCUT2D eigenvalue weighted by Crippen LogP contribution is -2.26. The predicted molar refractivity (Wildman–Crippen MR) is 109 cm³/mol. The topological polar surface area (TPSA) is 40.2 Å². The van der Waals surface area contributed by atoms with Gasteiger partial charge in [0.25, 0.3) is 0 Å². The molecule has 0 radical (unpaired) electrons. The van der Waals surface area contributed by atoms with Crippen LogP contribution in [0.5, 0.6) is 23.0 Å². The number of hydrogen-bond acceptors (Lipinski definition) is 6. The van der Waals surface area contributed by atoms with Crippen molar-refractivity contribution in [2.45, 2.75) is 5.37 Å². The van der Waals surface area contributed by atoms with E-state index in [2.05, 4.69) is 17.0 Å². The molecule has 1 atom stereocenters. The molecule has 0 spiro atoms. The molecule has 1 fully saturated rings. The van der Waals surface area contributed by atoms with Crippen LogP contribution in [0.2, 0.25) is 0 Å². The molecule has 0 aliphatic carbocycles. The molecule has 1 aliphatic rings. The average Bonchev–Trinajstić information content (AvgIpc) is 3.08. The van der Waals surface area contributed by atoms with Gasteiger partial charge in [0.1, 0.15) is 11.1 Å². The van der Waals surface area contributed by atoms with Crippen molar-refractivity contribution >= 4 is 34.7 Å². The van der Waals surface area contributed by atoms with Gasteiger partial charge >= 0.3 is 0 Å². The summed E-state index contributed by atoms with van der Waals surface area (Å²) >= 11 is 7.42. The van der Waals surface area contributed by atoms with Gasteiger partial charge < -0.3 is 23.8 Å². The van der Waals surface area contributed by atoms with Crippen molar-refractivity contribution in [1.82, 2.24) is 0 Å². The summed E-state index contributed by atoms with van der Waals surface area (Å²) in [5.41, 5.74) is 2.07. The lowest BCUT2D eigenvalue weighted by atomic mass is 10.1. The van der Waals surface area contributed by atoms with E-state index >= 15 is 0 Å². The minimum absolute atomic E-state index is 0.0798. The number of thiocarbonyl (C=S) groups is 1. The van der Waals surface area contributed by atoms with Gasteiger partial charge in [0.05, 0.1) is 39.1 Å². The van der Waals surface area contributed by atoms with Crippen LogP contribution in [0.4, 0.5) is 5.69 Å². The van der Waals surface area contributed by atoms with Gasteiger partial charge in [-0.1, -0.05) is 24.4 Å². The summed E-state index contributed by atoms with van der Waals surface area (Å²) in [7, 11) is 6.48. The Morgan fingerprint density at radius 2 is 1.54 bits per heavy atom. The fraction of sp³-hybridized carbons (Fsp3) is 0.316. The largest absolute Gasteiger partial charge is 0.497 e. The Balaban J connectivity index is 2.03. The van der Waals surface area contributed by atoms with E-state index < -0.39 is 0 Å². The molecule has 3 rings (SSSR count). The molecule has 5 nitrogen and oxygen atoms in total.